The molecule has 0 amide bonds. The number of aliphatic hydroxyl groups is 1. The monoisotopic (exact) mass is 294 g/mol. The molecule has 0 radical (unpaired) electrons. The number of hydrogen-bond donors (Lipinski definition) is 1. The van der Waals surface area contributed by atoms with Gasteiger partial charge in [-0.2, -0.15) is 0 Å². The molecule has 2 atom stereocenters. The fourth-order valence-electron chi connectivity index (χ4n) is 1.84. The Bertz CT molecular complexity index is 418. The minimum atomic E-state index is -1.94. The molecule has 0 saturated heterocycles. The molecule has 1 aromatic carbocycles. The maximum absolute atomic E-state index is 10.8. The van der Waals surface area contributed by atoms with Crippen LogP contribution in [0.3, 0.4) is 0 Å². The van der Waals surface area contributed by atoms with Gasteiger partial charge in [-0.05, 0) is 37.0 Å². The Hall–Kier alpha value is -0.643. The van der Waals surface area contributed by atoms with Crippen LogP contribution in [0.15, 0.2) is 30.3 Å². The maximum atomic E-state index is 10.8. The zero-order chi connectivity index (χ0) is 15.6. The second-order valence-electron chi connectivity index (χ2n) is 7.38. The van der Waals surface area contributed by atoms with E-state index < -0.39 is 13.9 Å². The van der Waals surface area contributed by atoms with E-state index in [0.717, 1.165) is 5.56 Å². The molecule has 2 nitrogen and oxygen atoms in total. The third-order valence-corrected chi connectivity index (χ3v) is 9.04. The molecule has 20 heavy (non-hydrogen) atoms. The quantitative estimate of drug-likeness (QED) is 0.782. The molecule has 1 aromatic rings. The second-order valence-corrected chi connectivity index (χ2v) is 12.1. The first-order valence-corrected chi connectivity index (χ1v) is 10.4. The summed E-state index contributed by atoms with van der Waals surface area (Å²) in [5, 5.41) is 10.9. The zero-order valence-corrected chi connectivity index (χ0v) is 15.0. The van der Waals surface area contributed by atoms with E-state index in [0.29, 0.717) is 6.42 Å². The summed E-state index contributed by atoms with van der Waals surface area (Å²) in [6, 6.07) is 10.1. The molecule has 0 heterocycles. The highest BCUT2D eigenvalue weighted by Crippen LogP contribution is 2.43. The molecule has 0 fully saturated rings. The highest BCUT2D eigenvalue weighted by atomic mass is 28.4. The first kappa shape index (κ1) is 17.4. The van der Waals surface area contributed by atoms with Gasteiger partial charge in [0, 0.05) is 0 Å². The summed E-state index contributed by atoms with van der Waals surface area (Å²) in [6.07, 6.45) is 0.399. The first-order chi connectivity index (χ1) is 9.01. The first-order valence-electron chi connectivity index (χ1n) is 7.46. The largest absolute Gasteiger partial charge is 0.407 e. The molecular formula is C17H30O2Si. The van der Waals surface area contributed by atoms with E-state index in [1.807, 2.05) is 44.2 Å². The molecule has 3 heteroatoms. The smallest absolute Gasteiger partial charge is 0.193 e. The third-order valence-electron chi connectivity index (χ3n) is 4.60. The predicted octanol–water partition coefficient (Wildman–Crippen LogP) is 4.91. The lowest BCUT2D eigenvalue weighted by Gasteiger charge is -2.43. The fraction of sp³-hybridized carbons (Fsp3) is 0.647. The molecule has 0 spiro atoms. The average Bonchev–Trinajstić information content (AvgIpc) is 2.35. The highest BCUT2D eigenvalue weighted by molar-refractivity contribution is 6.74. The van der Waals surface area contributed by atoms with Gasteiger partial charge in [-0.25, -0.2) is 0 Å². The summed E-state index contributed by atoms with van der Waals surface area (Å²) >= 11 is 0. The standard InChI is InChI=1S/C17H30O2Si/c1-8-17(5,18)15(14-12-10-9-11-13-14)19-20(6,7)16(2,3)4/h9-13,15,18H,8H2,1-7H3/t15-,17-/m0/s1. The third kappa shape index (κ3) is 3.93. The minimum absolute atomic E-state index is 0.129. The summed E-state index contributed by atoms with van der Waals surface area (Å²) in [5.74, 6) is 0. The Morgan fingerprint density at radius 3 is 2.00 bits per heavy atom. The normalized spacial score (nSPS) is 17.6. The van der Waals surface area contributed by atoms with E-state index in [1.54, 1.807) is 0 Å². The Morgan fingerprint density at radius 1 is 1.10 bits per heavy atom. The van der Waals surface area contributed by atoms with Crippen molar-refractivity contribution in [3.8, 4) is 0 Å². The summed E-state index contributed by atoms with van der Waals surface area (Å²) in [6.45, 7) is 15.0. The number of hydrogen-bond acceptors (Lipinski definition) is 2. The van der Waals surface area contributed by atoms with Crippen LogP contribution in [0.5, 0.6) is 0 Å². The molecule has 0 aliphatic rings. The summed E-state index contributed by atoms with van der Waals surface area (Å²) in [4.78, 5) is 0. The molecule has 0 aliphatic heterocycles. The molecule has 0 bridgehead atoms. The summed E-state index contributed by atoms with van der Waals surface area (Å²) in [5.41, 5.74) is 0.209. The average molecular weight is 295 g/mol. The van der Waals surface area contributed by atoms with Crippen molar-refractivity contribution >= 4 is 8.32 Å². The molecule has 1 N–H and O–H groups in total. The number of benzene rings is 1. The lowest BCUT2D eigenvalue weighted by Crippen LogP contribution is -2.47. The van der Waals surface area contributed by atoms with Crippen molar-refractivity contribution in [2.75, 3.05) is 0 Å². The van der Waals surface area contributed by atoms with E-state index >= 15 is 0 Å². The Balaban J connectivity index is 3.15. The molecule has 0 aromatic heterocycles. The van der Waals surface area contributed by atoms with E-state index in [-0.39, 0.29) is 11.1 Å². The number of rotatable bonds is 5. The van der Waals surface area contributed by atoms with Gasteiger partial charge in [-0.3, -0.25) is 0 Å². The van der Waals surface area contributed by atoms with E-state index in [4.69, 9.17) is 4.43 Å². The van der Waals surface area contributed by atoms with Gasteiger partial charge in [0.25, 0.3) is 0 Å². The van der Waals surface area contributed by atoms with Crippen LogP contribution in [-0.4, -0.2) is 19.0 Å². The van der Waals surface area contributed by atoms with Crippen LogP contribution in [-0.2, 0) is 4.43 Å². The minimum Gasteiger partial charge on any atom is -0.407 e. The van der Waals surface area contributed by atoms with E-state index in [9.17, 15) is 5.11 Å². The Labute approximate surface area is 125 Å². The van der Waals surface area contributed by atoms with Gasteiger partial charge in [0.05, 0.1) is 11.7 Å². The van der Waals surface area contributed by atoms with Crippen molar-refractivity contribution in [2.24, 2.45) is 0 Å². The van der Waals surface area contributed by atoms with Crippen LogP contribution in [0.1, 0.15) is 52.7 Å². The van der Waals surface area contributed by atoms with Crippen LogP contribution in [0.2, 0.25) is 18.1 Å². The molecular weight excluding hydrogens is 264 g/mol. The Kier molecular flexibility index (Phi) is 5.22. The van der Waals surface area contributed by atoms with Gasteiger partial charge < -0.3 is 9.53 Å². The van der Waals surface area contributed by atoms with Crippen LogP contribution in [0.25, 0.3) is 0 Å². The van der Waals surface area contributed by atoms with Gasteiger partial charge in [0.1, 0.15) is 0 Å². The molecule has 0 aliphatic carbocycles. The van der Waals surface area contributed by atoms with Crippen molar-refractivity contribution in [1.82, 2.24) is 0 Å². The van der Waals surface area contributed by atoms with Gasteiger partial charge in [0.2, 0.25) is 0 Å². The van der Waals surface area contributed by atoms with Crippen molar-refractivity contribution in [3.63, 3.8) is 0 Å². The molecule has 0 saturated carbocycles. The molecule has 1 rings (SSSR count). The second kappa shape index (κ2) is 6.00. The summed E-state index contributed by atoms with van der Waals surface area (Å²) in [7, 11) is -1.94. The van der Waals surface area contributed by atoms with Crippen LogP contribution in [0.4, 0.5) is 0 Å². The predicted molar refractivity (Wildman–Crippen MR) is 88.4 cm³/mol. The van der Waals surface area contributed by atoms with Crippen LogP contribution in [0, 0.1) is 0 Å². The van der Waals surface area contributed by atoms with Crippen LogP contribution < -0.4 is 0 Å². The van der Waals surface area contributed by atoms with Crippen molar-refractivity contribution in [2.45, 2.75) is 70.9 Å². The van der Waals surface area contributed by atoms with Crippen molar-refractivity contribution in [1.29, 1.82) is 0 Å². The lowest BCUT2D eigenvalue weighted by atomic mass is 9.91. The van der Waals surface area contributed by atoms with Gasteiger partial charge in [0.15, 0.2) is 8.32 Å². The Morgan fingerprint density at radius 2 is 1.60 bits per heavy atom. The zero-order valence-electron chi connectivity index (χ0n) is 14.0. The highest BCUT2D eigenvalue weighted by Gasteiger charge is 2.43. The molecule has 0 unspecified atom stereocenters. The van der Waals surface area contributed by atoms with Crippen LogP contribution >= 0.6 is 0 Å². The van der Waals surface area contributed by atoms with Gasteiger partial charge in [-0.1, -0.05) is 58.0 Å². The van der Waals surface area contributed by atoms with Crippen molar-refractivity contribution < 1.29 is 9.53 Å². The van der Waals surface area contributed by atoms with E-state index in [1.165, 1.54) is 0 Å². The maximum Gasteiger partial charge on any atom is 0.193 e. The fourth-order valence-corrected chi connectivity index (χ4v) is 3.17. The SMILES string of the molecule is CC[C@](C)(O)[C@@H](O[Si](C)(C)C(C)(C)C)c1ccccc1. The van der Waals surface area contributed by atoms with Crippen molar-refractivity contribution in [3.05, 3.63) is 35.9 Å². The molecule has 114 valence electrons. The summed E-state index contributed by atoms with van der Waals surface area (Å²) < 4.78 is 6.53. The van der Waals surface area contributed by atoms with Gasteiger partial charge >= 0.3 is 0 Å². The van der Waals surface area contributed by atoms with Gasteiger partial charge in [-0.15, -0.1) is 0 Å². The van der Waals surface area contributed by atoms with E-state index in [2.05, 4.69) is 33.9 Å². The lowest BCUT2D eigenvalue weighted by molar-refractivity contribution is -0.0586. The topological polar surface area (TPSA) is 29.5 Å².